The minimum absolute atomic E-state index is 0.147. The normalized spacial score (nSPS) is 10.6. The highest BCUT2D eigenvalue weighted by molar-refractivity contribution is 5.66. The Labute approximate surface area is 133 Å². The minimum atomic E-state index is -0.775. The van der Waals surface area contributed by atoms with Crippen LogP contribution in [0.1, 0.15) is 57.4 Å². The van der Waals surface area contributed by atoms with Crippen molar-refractivity contribution >= 4 is 5.97 Å². The molecule has 0 heterocycles. The number of aliphatic carboxylic acids is 1. The molecular weight excluding hydrogens is 278 g/mol. The molecule has 0 aliphatic rings. The Morgan fingerprint density at radius 3 is 2.73 bits per heavy atom. The van der Waals surface area contributed by atoms with Gasteiger partial charge in [0.15, 0.2) is 0 Å². The van der Waals surface area contributed by atoms with Crippen LogP contribution in [0.15, 0.2) is 24.3 Å². The Hall–Kier alpha value is -1.55. The summed E-state index contributed by atoms with van der Waals surface area (Å²) in [5, 5.41) is 11.7. The predicted molar refractivity (Wildman–Crippen MR) is 89.3 cm³/mol. The summed E-state index contributed by atoms with van der Waals surface area (Å²) >= 11 is 0. The molecular formula is C18H29NO3. The number of ether oxygens (including phenoxy) is 1. The molecule has 0 spiro atoms. The van der Waals surface area contributed by atoms with Crippen LogP contribution in [0.3, 0.4) is 0 Å². The highest BCUT2D eigenvalue weighted by Gasteiger charge is 1.99. The van der Waals surface area contributed by atoms with Gasteiger partial charge in [-0.05, 0) is 24.1 Å². The van der Waals surface area contributed by atoms with Gasteiger partial charge < -0.3 is 15.2 Å². The zero-order valence-electron chi connectivity index (χ0n) is 13.6. The summed E-state index contributed by atoms with van der Waals surface area (Å²) in [5.41, 5.74) is 1.12. The van der Waals surface area contributed by atoms with Crippen LogP contribution in [0.25, 0.3) is 0 Å². The standard InChI is InChI=1S/C18H29NO3/c1-2-3-4-5-6-7-13-22-17-10-8-9-16(14-17)15-19-12-11-18(20)21/h8-10,14,19H,2-7,11-13,15H2,1H3,(H,20,21). The highest BCUT2D eigenvalue weighted by atomic mass is 16.5. The molecule has 124 valence electrons. The molecule has 4 heteroatoms. The van der Waals surface area contributed by atoms with E-state index < -0.39 is 5.97 Å². The topological polar surface area (TPSA) is 58.6 Å². The van der Waals surface area contributed by atoms with Gasteiger partial charge in [0.2, 0.25) is 0 Å². The quantitative estimate of drug-likeness (QED) is 0.541. The molecule has 0 saturated carbocycles. The molecule has 0 aliphatic carbocycles. The summed E-state index contributed by atoms with van der Waals surface area (Å²) in [6.45, 7) is 4.15. The van der Waals surface area contributed by atoms with Crippen molar-refractivity contribution in [3.05, 3.63) is 29.8 Å². The highest BCUT2D eigenvalue weighted by Crippen LogP contribution is 2.14. The monoisotopic (exact) mass is 307 g/mol. The van der Waals surface area contributed by atoms with E-state index in [1.807, 2.05) is 24.3 Å². The first-order valence-electron chi connectivity index (χ1n) is 8.36. The first kappa shape index (κ1) is 18.5. The van der Waals surface area contributed by atoms with E-state index >= 15 is 0 Å². The lowest BCUT2D eigenvalue weighted by molar-refractivity contribution is -0.136. The average Bonchev–Trinajstić information content (AvgIpc) is 2.51. The minimum Gasteiger partial charge on any atom is -0.494 e. The average molecular weight is 307 g/mol. The van der Waals surface area contributed by atoms with Gasteiger partial charge in [-0.2, -0.15) is 0 Å². The Balaban J connectivity index is 2.16. The number of nitrogens with one attached hydrogen (secondary N) is 1. The van der Waals surface area contributed by atoms with Crippen molar-refractivity contribution < 1.29 is 14.6 Å². The maximum atomic E-state index is 10.4. The van der Waals surface area contributed by atoms with Crippen LogP contribution >= 0.6 is 0 Å². The summed E-state index contributed by atoms with van der Waals surface area (Å²) in [7, 11) is 0. The van der Waals surface area contributed by atoms with E-state index in [1.165, 1.54) is 32.1 Å². The van der Waals surface area contributed by atoms with Gasteiger partial charge in [-0.3, -0.25) is 4.79 Å². The van der Waals surface area contributed by atoms with E-state index in [0.29, 0.717) is 13.1 Å². The van der Waals surface area contributed by atoms with Crippen LogP contribution < -0.4 is 10.1 Å². The van der Waals surface area contributed by atoms with Crippen molar-refractivity contribution in [1.29, 1.82) is 0 Å². The third kappa shape index (κ3) is 9.40. The first-order chi connectivity index (χ1) is 10.7. The SMILES string of the molecule is CCCCCCCCOc1cccc(CNCCC(=O)O)c1. The van der Waals surface area contributed by atoms with E-state index in [-0.39, 0.29) is 6.42 Å². The Morgan fingerprint density at radius 2 is 1.95 bits per heavy atom. The Kier molecular flexibility index (Phi) is 10.1. The van der Waals surface area contributed by atoms with Crippen molar-refractivity contribution in [2.75, 3.05) is 13.2 Å². The number of carboxylic acids is 1. The van der Waals surface area contributed by atoms with Gasteiger partial charge in [0.05, 0.1) is 13.0 Å². The van der Waals surface area contributed by atoms with Crippen LogP contribution in [-0.4, -0.2) is 24.2 Å². The van der Waals surface area contributed by atoms with Gasteiger partial charge >= 0.3 is 5.97 Å². The van der Waals surface area contributed by atoms with E-state index in [2.05, 4.69) is 12.2 Å². The van der Waals surface area contributed by atoms with E-state index in [4.69, 9.17) is 9.84 Å². The van der Waals surface area contributed by atoms with Gasteiger partial charge in [0.25, 0.3) is 0 Å². The molecule has 1 aromatic carbocycles. The maximum absolute atomic E-state index is 10.4. The van der Waals surface area contributed by atoms with Gasteiger partial charge in [-0.1, -0.05) is 51.2 Å². The number of rotatable bonds is 13. The van der Waals surface area contributed by atoms with Crippen molar-refractivity contribution in [2.24, 2.45) is 0 Å². The molecule has 4 nitrogen and oxygen atoms in total. The molecule has 0 saturated heterocycles. The molecule has 2 N–H and O–H groups in total. The number of benzene rings is 1. The summed E-state index contributed by atoms with van der Waals surface area (Å²) < 4.78 is 5.78. The molecule has 0 atom stereocenters. The molecule has 0 aliphatic heterocycles. The third-order valence-electron chi connectivity index (χ3n) is 3.51. The van der Waals surface area contributed by atoms with Crippen LogP contribution in [0, 0.1) is 0 Å². The summed E-state index contributed by atoms with van der Waals surface area (Å²) in [6, 6.07) is 7.98. The molecule has 0 radical (unpaired) electrons. The van der Waals surface area contributed by atoms with E-state index in [0.717, 1.165) is 24.3 Å². The zero-order chi connectivity index (χ0) is 16.0. The number of carboxylic acid groups (broad SMARTS) is 1. The molecule has 0 aromatic heterocycles. The second kappa shape index (κ2) is 12.0. The van der Waals surface area contributed by atoms with Crippen molar-refractivity contribution in [2.45, 2.75) is 58.4 Å². The molecule has 1 aromatic rings. The van der Waals surface area contributed by atoms with Crippen LogP contribution in [-0.2, 0) is 11.3 Å². The van der Waals surface area contributed by atoms with Crippen LogP contribution in [0.4, 0.5) is 0 Å². The molecule has 0 unspecified atom stereocenters. The Bertz CT molecular complexity index is 421. The summed E-state index contributed by atoms with van der Waals surface area (Å²) in [6.07, 6.45) is 7.72. The summed E-state index contributed by atoms with van der Waals surface area (Å²) in [4.78, 5) is 10.4. The largest absolute Gasteiger partial charge is 0.494 e. The van der Waals surface area contributed by atoms with Crippen molar-refractivity contribution in [1.82, 2.24) is 5.32 Å². The number of unbranched alkanes of at least 4 members (excludes halogenated alkanes) is 5. The molecule has 0 fully saturated rings. The lowest BCUT2D eigenvalue weighted by atomic mass is 10.1. The van der Waals surface area contributed by atoms with Crippen molar-refractivity contribution in [3.8, 4) is 5.75 Å². The predicted octanol–water partition coefficient (Wildman–Crippen LogP) is 3.99. The van der Waals surface area contributed by atoms with E-state index in [9.17, 15) is 4.79 Å². The van der Waals surface area contributed by atoms with Crippen LogP contribution in [0.5, 0.6) is 5.75 Å². The second-order valence-corrected chi connectivity index (χ2v) is 5.58. The fourth-order valence-electron chi connectivity index (χ4n) is 2.25. The van der Waals surface area contributed by atoms with Crippen LogP contribution in [0.2, 0.25) is 0 Å². The third-order valence-corrected chi connectivity index (χ3v) is 3.51. The lowest BCUT2D eigenvalue weighted by Crippen LogP contribution is -2.17. The molecule has 1 rings (SSSR count). The number of carbonyl (C=O) groups is 1. The Morgan fingerprint density at radius 1 is 1.18 bits per heavy atom. The van der Waals surface area contributed by atoms with Gasteiger partial charge in [-0.15, -0.1) is 0 Å². The van der Waals surface area contributed by atoms with Crippen molar-refractivity contribution in [3.63, 3.8) is 0 Å². The molecule has 22 heavy (non-hydrogen) atoms. The molecule has 0 bridgehead atoms. The zero-order valence-corrected chi connectivity index (χ0v) is 13.6. The number of hydrogen-bond acceptors (Lipinski definition) is 3. The lowest BCUT2D eigenvalue weighted by Gasteiger charge is -2.09. The van der Waals surface area contributed by atoms with Gasteiger partial charge in [-0.25, -0.2) is 0 Å². The number of hydrogen-bond donors (Lipinski definition) is 2. The fraction of sp³-hybridized carbons (Fsp3) is 0.611. The second-order valence-electron chi connectivity index (χ2n) is 5.58. The summed E-state index contributed by atoms with van der Waals surface area (Å²) in [5.74, 6) is 0.120. The maximum Gasteiger partial charge on any atom is 0.304 e. The van der Waals surface area contributed by atoms with Gasteiger partial charge in [0.1, 0.15) is 5.75 Å². The van der Waals surface area contributed by atoms with E-state index in [1.54, 1.807) is 0 Å². The fourth-order valence-corrected chi connectivity index (χ4v) is 2.25. The first-order valence-corrected chi connectivity index (χ1v) is 8.36. The van der Waals surface area contributed by atoms with Gasteiger partial charge in [0, 0.05) is 13.1 Å². The smallest absolute Gasteiger partial charge is 0.304 e. The molecule has 0 amide bonds.